The molecule has 0 fully saturated rings. The van der Waals surface area contributed by atoms with Crippen molar-refractivity contribution in [2.75, 3.05) is 0 Å². The lowest BCUT2D eigenvalue weighted by Gasteiger charge is -2.11. The summed E-state index contributed by atoms with van der Waals surface area (Å²) in [6.07, 6.45) is 3.00. The van der Waals surface area contributed by atoms with Gasteiger partial charge in [0.25, 0.3) is 5.91 Å². The number of hydrogen-bond acceptors (Lipinski definition) is 3. The first-order valence-corrected chi connectivity index (χ1v) is 5.52. The van der Waals surface area contributed by atoms with Crippen molar-refractivity contribution < 1.29 is 14.4 Å². The van der Waals surface area contributed by atoms with Crippen molar-refractivity contribution in [2.24, 2.45) is 0 Å². The predicted molar refractivity (Wildman–Crippen MR) is 63.7 cm³/mol. The van der Waals surface area contributed by atoms with Crippen LogP contribution in [0.1, 0.15) is 29.6 Å². The van der Waals surface area contributed by atoms with Crippen molar-refractivity contribution in [1.29, 1.82) is 0 Å². The van der Waals surface area contributed by atoms with Crippen molar-refractivity contribution in [2.45, 2.75) is 25.3 Å². The smallest absolute Gasteiger partial charge is 0.251 e. The van der Waals surface area contributed by atoms with E-state index in [1.165, 1.54) is 0 Å². The van der Waals surface area contributed by atoms with E-state index in [9.17, 15) is 14.4 Å². The van der Waals surface area contributed by atoms with Crippen molar-refractivity contribution in [3.8, 4) is 0 Å². The van der Waals surface area contributed by atoms with Gasteiger partial charge in [-0.3, -0.25) is 4.79 Å². The van der Waals surface area contributed by atoms with Crippen LogP contribution in [0.4, 0.5) is 0 Å². The number of amides is 1. The second kappa shape index (κ2) is 7.33. The molecule has 1 atom stereocenters. The van der Waals surface area contributed by atoms with E-state index >= 15 is 0 Å². The minimum atomic E-state index is -0.525. The predicted octanol–water partition coefficient (Wildman–Crippen LogP) is 1.35. The Morgan fingerprint density at radius 3 is 2.53 bits per heavy atom. The molecule has 0 saturated heterocycles. The molecule has 0 bridgehead atoms. The molecule has 0 aliphatic heterocycles. The molecule has 1 aromatic carbocycles. The summed E-state index contributed by atoms with van der Waals surface area (Å²) in [7, 11) is 0. The largest absolute Gasteiger partial charge is 0.343 e. The summed E-state index contributed by atoms with van der Waals surface area (Å²) in [4.78, 5) is 32.6. The molecule has 1 aromatic rings. The van der Waals surface area contributed by atoms with Crippen LogP contribution in [0, 0.1) is 0 Å². The van der Waals surface area contributed by atoms with Gasteiger partial charge in [-0.2, -0.15) is 0 Å². The highest BCUT2D eigenvalue weighted by Crippen LogP contribution is 2.02. The molecule has 0 heterocycles. The van der Waals surface area contributed by atoms with Crippen LogP contribution in [0.3, 0.4) is 0 Å². The lowest BCUT2D eigenvalue weighted by Crippen LogP contribution is -2.35. The molecule has 0 aromatic heterocycles. The summed E-state index contributed by atoms with van der Waals surface area (Å²) < 4.78 is 0. The van der Waals surface area contributed by atoms with Crippen LogP contribution in [0.15, 0.2) is 30.3 Å². The van der Waals surface area contributed by atoms with Gasteiger partial charge in [0.15, 0.2) is 0 Å². The van der Waals surface area contributed by atoms with Gasteiger partial charge in [0, 0.05) is 12.0 Å². The number of unbranched alkanes of at least 4 members (excludes halogenated alkanes) is 1. The quantitative estimate of drug-likeness (QED) is 0.571. The topological polar surface area (TPSA) is 63.2 Å². The van der Waals surface area contributed by atoms with E-state index in [1.807, 2.05) is 6.07 Å². The van der Waals surface area contributed by atoms with Gasteiger partial charge in [0.05, 0.1) is 6.04 Å². The van der Waals surface area contributed by atoms with Crippen LogP contribution in [0.25, 0.3) is 0 Å². The first-order valence-electron chi connectivity index (χ1n) is 5.52. The van der Waals surface area contributed by atoms with E-state index < -0.39 is 6.04 Å². The summed E-state index contributed by atoms with van der Waals surface area (Å²) in [5.41, 5.74) is 0.523. The Kier molecular flexibility index (Phi) is 5.64. The fraction of sp³-hybridized carbons (Fsp3) is 0.308. The normalized spacial score (nSPS) is 11.5. The van der Waals surface area contributed by atoms with Gasteiger partial charge in [-0.1, -0.05) is 18.2 Å². The second-order valence-corrected chi connectivity index (χ2v) is 3.68. The van der Waals surface area contributed by atoms with Gasteiger partial charge in [0.2, 0.25) is 0 Å². The van der Waals surface area contributed by atoms with Gasteiger partial charge >= 0.3 is 0 Å². The van der Waals surface area contributed by atoms with Crippen LogP contribution < -0.4 is 5.32 Å². The summed E-state index contributed by atoms with van der Waals surface area (Å²) in [6, 6.07) is 8.18. The molecule has 1 amide bonds. The maximum atomic E-state index is 11.7. The van der Waals surface area contributed by atoms with Crippen molar-refractivity contribution in [3.05, 3.63) is 35.9 Å². The van der Waals surface area contributed by atoms with Crippen LogP contribution in [0.2, 0.25) is 0 Å². The fourth-order valence-electron chi connectivity index (χ4n) is 1.44. The standard InChI is InChI=1S/C13H15NO3/c15-9-5-4-8-12(10-16)14-13(17)11-6-2-1-3-7-11/h1-3,6-7,9-10,12H,4-5,8H2,(H,14,17). The molecule has 90 valence electrons. The van der Waals surface area contributed by atoms with E-state index in [1.54, 1.807) is 24.3 Å². The van der Waals surface area contributed by atoms with Gasteiger partial charge in [-0.05, 0) is 25.0 Å². The van der Waals surface area contributed by atoms with E-state index in [0.717, 1.165) is 6.29 Å². The summed E-state index contributed by atoms with van der Waals surface area (Å²) in [5, 5.41) is 2.62. The fourth-order valence-corrected chi connectivity index (χ4v) is 1.44. The third-order valence-corrected chi connectivity index (χ3v) is 2.35. The second-order valence-electron chi connectivity index (χ2n) is 3.68. The molecule has 0 saturated carbocycles. The van der Waals surface area contributed by atoms with Crippen LogP contribution in [-0.4, -0.2) is 24.5 Å². The average molecular weight is 233 g/mol. The minimum Gasteiger partial charge on any atom is -0.343 e. The third kappa shape index (κ3) is 4.59. The van der Waals surface area contributed by atoms with E-state index in [2.05, 4.69) is 5.32 Å². The molecular weight excluding hydrogens is 218 g/mol. The maximum absolute atomic E-state index is 11.7. The average Bonchev–Trinajstić information content (AvgIpc) is 2.38. The number of hydrogen-bond donors (Lipinski definition) is 1. The Morgan fingerprint density at radius 1 is 1.24 bits per heavy atom. The molecule has 4 nitrogen and oxygen atoms in total. The molecule has 0 aliphatic rings. The summed E-state index contributed by atoms with van der Waals surface area (Å²) in [5.74, 6) is -0.270. The Balaban J connectivity index is 2.48. The molecule has 0 radical (unpaired) electrons. The molecule has 1 N–H and O–H groups in total. The van der Waals surface area contributed by atoms with Gasteiger partial charge in [-0.15, -0.1) is 0 Å². The molecule has 1 rings (SSSR count). The number of benzene rings is 1. The number of carbonyl (C=O) groups is 3. The first kappa shape index (κ1) is 13.1. The highest BCUT2D eigenvalue weighted by atomic mass is 16.2. The van der Waals surface area contributed by atoms with E-state index in [-0.39, 0.29) is 5.91 Å². The number of aldehydes is 2. The van der Waals surface area contributed by atoms with E-state index in [4.69, 9.17) is 0 Å². The maximum Gasteiger partial charge on any atom is 0.251 e. The molecule has 0 aliphatic carbocycles. The first-order chi connectivity index (χ1) is 8.27. The Bertz CT molecular complexity index is 376. The van der Waals surface area contributed by atoms with Gasteiger partial charge in [-0.25, -0.2) is 0 Å². The van der Waals surface area contributed by atoms with Crippen molar-refractivity contribution >= 4 is 18.5 Å². The Morgan fingerprint density at radius 2 is 1.94 bits per heavy atom. The molecule has 17 heavy (non-hydrogen) atoms. The third-order valence-electron chi connectivity index (χ3n) is 2.35. The minimum absolute atomic E-state index is 0.270. The summed E-state index contributed by atoms with van der Waals surface area (Å²) in [6.45, 7) is 0. The van der Waals surface area contributed by atoms with Gasteiger partial charge in [0.1, 0.15) is 12.6 Å². The van der Waals surface area contributed by atoms with Crippen LogP contribution in [0.5, 0.6) is 0 Å². The van der Waals surface area contributed by atoms with Crippen LogP contribution >= 0.6 is 0 Å². The molecular formula is C13H15NO3. The highest BCUT2D eigenvalue weighted by molar-refractivity contribution is 5.95. The SMILES string of the molecule is O=CCCCC(C=O)NC(=O)c1ccccc1. The zero-order valence-electron chi connectivity index (χ0n) is 9.46. The molecule has 0 spiro atoms. The lowest BCUT2D eigenvalue weighted by atomic mass is 10.1. The van der Waals surface area contributed by atoms with Crippen molar-refractivity contribution in [1.82, 2.24) is 5.32 Å². The number of nitrogens with one attached hydrogen (secondary N) is 1. The Hall–Kier alpha value is -1.97. The highest BCUT2D eigenvalue weighted by Gasteiger charge is 2.11. The summed E-state index contributed by atoms with van der Waals surface area (Å²) >= 11 is 0. The monoisotopic (exact) mass is 233 g/mol. The number of rotatable bonds is 7. The zero-order chi connectivity index (χ0) is 12.5. The molecule has 1 unspecified atom stereocenters. The lowest BCUT2D eigenvalue weighted by molar-refractivity contribution is -0.110. The number of carbonyl (C=O) groups excluding carboxylic acids is 3. The van der Waals surface area contributed by atoms with E-state index in [0.29, 0.717) is 31.1 Å². The van der Waals surface area contributed by atoms with Crippen molar-refractivity contribution in [3.63, 3.8) is 0 Å². The zero-order valence-corrected chi connectivity index (χ0v) is 9.46. The van der Waals surface area contributed by atoms with Gasteiger partial charge < -0.3 is 14.9 Å². The van der Waals surface area contributed by atoms with Crippen LogP contribution in [-0.2, 0) is 9.59 Å². The Labute approximate surface area is 100 Å². The molecule has 4 heteroatoms.